The summed E-state index contributed by atoms with van der Waals surface area (Å²) in [4.78, 5) is 8.50. The first-order valence-corrected chi connectivity index (χ1v) is 6.42. The molecular weight excluding hydrogens is 191 g/mol. The molecule has 0 aliphatic rings. The average molecular weight is 201 g/mol. The van der Waals surface area contributed by atoms with E-state index < -0.39 is 7.23 Å². The number of benzene rings is 1. The largest absolute Gasteiger partial charge is 0.582 e. The second-order valence-electron chi connectivity index (χ2n) is 2.31. The molecule has 0 heterocycles. The summed E-state index contributed by atoms with van der Waals surface area (Å²) in [6.45, 7) is 0. The van der Waals surface area contributed by atoms with Crippen LogP contribution in [0.1, 0.15) is 5.56 Å². The summed E-state index contributed by atoms with van der Waals surface area (Å²) in [7, 11) is -2.03. The Bertz CT molecular complexity index is 250. The van der Waals surface area contributed by atoms with Crippen LogP contribution in [0.4, 0.5) is 0 Å². The number of hydrogen-bond acceptors (Lipinski definition) is 2. The molecule has 64 valence electrons. The molecule has 0 fully saturated rings. The molecule has 0 bridgehead atoms. The number of aryl methyl sites for hydroxylation is 1. The van der Waals surface area contributed by atoms with E-state index in [0.717, 1.165) is 17.8 Å². The molecule has 1 aromatic carbocycles. The highest BCUT2D eigenvalue weighted by Gasteiger charge is 2.11. The minimum Gasteiger partial charge on any atom is -0.151 e. The van der Waals surface area contributed by atoms with Gasteiger partial charge in [0, 0.05) is 5.75 Å². The van der Waals surface area contributed by atoms with Crippen LogP contribution in [0.25, 0.3) is 0 Å². The zero-order chi connectivity index (χ0) is 8.81. The molecule has 0 aliphatic carbocycles. The Morgan fingerprint density at radius 2 is 2.00 bits per heavy atom. The van der Waals surface area contributed by atoms with Crippen molar-refractivity contribution in [3.63, 3.8) is 0 Å². The van der Waals surface area contributed by atoms with Crippen molar-refractivity contribution in [1.29, 1.82) is 0 Å². The first kappa shape index (κ1) is 9.72. The zero-order valence-electron chi connectivity index (χ0n) is 6.51. The molecule has 2 nitrogen and oxygen atoms in total. The molecule has 1 rings (SSSR count). The monoisotopic (exact) mass is 201 g/mol. The van der Waals surface area contributed by atoms with Crippen molar-refractivity contribution in [1.82, 2.24) is 0 Å². The Labute approximate surface area is 76.6 Å². The van der Waals surface area contributed by atoms with Crippen LogP contribution in [-0.4, -0.2) is 10.6 Å². The smallest absolute Gasteiger partial charge is 0.151 e. The summed E-state index contributed by atoms with van der Waals surface area (Å²) in [5.41, 5.74) is 1.21. The van der Waals surface area contributed by atoms with Gasteiger partial charge in [0.1, 0.15) is 0 Å². The third-order valence-corrected chi connectivity index (χ3v) is 3.25. The lowest BCUT2D eigenvalue weighted by Crippen LogP contribution is -1.85. The molecule has 0 aliphatic heterocycles. The predicted molar refractivity (Wildman–Crippen MR) is 52.4 cm³/mol. The molecule has 0 spiro atoms. The van der Waals surface area contributed by atoms with E-state index in [1.807, 2.05) is 30.3 Å². The van der Waals surface area contributed by atoms with Gasteiger partial charge in [-0.25, -0.2) is 0 Å². The number of hydrogen-bond donors (Lipinski definition) is 1. The molecular formula is C8H10O2PS+. The predicted octanol–water partition coefficient (Wildman–Crippen LogP) is 2.61. The summed E-state index contributed by atoms with van der Waals surface area (Å²) in [5, 5.41) is 0. The quantitative estimate of drug-likeness (QED) is 0.761. The second kappa shape index (κ2) is 5.31. The van der Waals surface area contributed by atoms with Crippen LogP contribution in [-0.2, 0) is 11.0 Å². The van der Waals surface area contributed by atoms with Gasteiger partial charge >= 0.3 is 7.23 Å². The first-order chi connectivity index (χ1) is 5.79. The maximum atomic E-state index is 10.3. The van der Waals surface area contributed by atoms with Crippen molar-refractivity contribution in [2.45, 2.75) is 6.42 Å². The van der Waals surface area contributed by atoms with E-state index in [4.69, 9.17) is 4.89 Å². The summed E-state index contributed by atoms with van der Waals surface area (Å²) >= 11 is 1.09. The maximum Gasteiger partial charge on any atom is 0.582 e. The summed E-state index contributed by atoms with van der Waals surface area (Å²) in [6.07, 6.45) is 0.854. The Morgan fingerprint density at radius 1 is 1.33 bits per heavy atom. The Balaban J connectivity index is 2.29. The van der Waals surface area contributed by atoms with Crippen LogP contribution < -0.4 is 0 Å². The molecule has 0 aromatic heterocycles. The van der Waals surface area contributed by atoms with Crippen LogP contribution in [0.15, 0.2) is 30.3 Å². The van der Waals surface area contributed by atoms with Gasteiger partial charge in [0.15, 0.2) is 11.4 Å². The van der Waals surface area contributed by atoms with Gasteiger partial charge in [-0.2, -0.15) is 4.89 Å². The van der Waals surface area contributed by atoms with Gasteiger partial charge in [-0.15, -0.1) is 0 Å². The minimum absolute atomic E-state index is 0.704. The van der Waals surface area contributed by atoms with Gasteiger partial charge in [-0.3, -0.25) is 0 Å². The maximum absolute atomic E-state index is 10.3. The molecule has 0 saturated carbocycles. The van der Waals surface area contributed by atoms with Crippen molar-refractivity contribution in [3.8, 4) is 0 Å². The van der Waals surface area contributed by atoms with Crippen molar-refractivity contribution in [2.24, 2.45) is 0 Å². The summed E-state index contributed by atoms with van der Waals surface area (Å²) in [6, 6.07) is 9.94. The zero-order valence-corrected chi connectivity index (χ0v) is 8.22. The van der Waals surface area contributed by atoms with Gasteiger partial charge in [0.2, 0.25) is 0 Å². The second-order valence-corrected chi connectivity index (χ2v) is 5.16. The molecule has 4 heteroatoms. The van der Waals surface area contributed by atoms with E-state index in [9.17, 15) is 4.57 Å². The number of rotatable bonds is 4. The van der Waals surface area contributed by atoms with E-state index in [2.05, 4.69) is 0 Å². The lowest BCUT2D eigenvalue weighted by atomic mass is 10.2. The lowest BCUT2D eigenvalue weighted by molar-refractivity contribution is 0.519. The first-order valence-electron chi connectivity index (χ1n) is 3.62. The third kappa shape index (κ3) is 3.86. The highest BCUT2D eigenvalue weighted by molar-refractivity contribution is 8.50. The fraction of sp³-hybridized carbons (Fsp3) is 0.250. The fourth-order valence-electron chi connectivity index (χ4n) is 0.886. The van der Waals surface area contributed by atoms with E-state index in [0.29, 0.717) is 5.75 Å². The molecule has 1 unspecified atom stereocenters. The van der Waals surface area contributed by atoms with Crippen LogP contribution in [0.3, 0.4) is 0 Å². The molecule has 1 N–H and O–H groups in total. The minimum atomic E-state index is -2.03. The van der Waals surface area contributed by atoms with E-state index in [1.165, 1.54) is 5.56 Å². The van der Waals surface area contributed by atoms with Gasteiger partial charge in [-0.05, 0) is 16.5 Å². The lowest BCUT2D eigenvalue weighted by Gasteiger charge is -1.93. The third-order valence-electron chi connectivity index (χ3n) is 1.44. The molecule has 0 amide bonds. The van der Waals surface area contributed by atoms with Gasteiger partial charge in [0.05, 0.1) is 0 Å². The van der Waals surface area contributed by atoms with Crippen molar-refractivity contribution in [2.75, 3.05) is 5.75 Å². The van der Waals surface area contributed by atoms with Gasteiger partial charge < -0.3 is 0 Å². The Kier molecular flexibility index (Phi) is 4.30. The Morgan fingerprint density at radius 3 is 2.58 bits per heavy atom. The van der Waals surface area contributed by atoms with Gasteiger partial charge in [-0.1, -0.05) is 30.3 Å². The molecule has 0 saturated heterocycles. The van der Waals surface area contributed by atoms with Crippen LogP contribution in [0.2, 0.25) is 0 Å². The molecule has 0 radical (unpaired) electrons. The standard InChI is InChI=1S/C8H9O2PS/c9-11(10)12-7-6-8-4-2-1-3-5-8/h1-5H,6-7H2/p+1. The molecule has 1 aromatic rings. The van der Waals surface area contributed by atoms with Crippen molar-refractivity contribution >= 4 is 18.6 Å². The summed E-state index contributed by atoms with van der Waals surface area (Å²) < 4.78 is 10.3. The SMILES string of the molecule is O=[P+](O)SCCc1ccccc1. The van der Waals surface area contributed by atoms with Crippen molar-refractivity contribution in [3.05, 3.63) is 35.9 Å². The topological polar surface area (TPSA) is 37.3 Å². The van der Waals surface area contributed by atoms with E-state index in [1.54, 1.807) is 0 Å². The van der Waals surface area contributed by atoms with Crippen molar-refractivity contribution < 1.29 is 9.46 Å². The van der Waals surface area contributed by atoms with Crippen LogP contribution in [0.5, 0.6) is 0 Å². The highest BCUT2D eigenvalue weighted by Crippen LogP contribution is 2.32. The summed E-state index contributed by atoms with van der Waals surface area (Å²) in [5.74, 6) is 0.704. The van der Waals surface area contributed by atoms with Gasteiger partial charge in [0.25, 0.3) is 0 Å². The molecule has 12 heavy (non-hydrogen) atoms. The van der Waals surface area contributed by atoms with Crippen LogP contribution in [0, 0.1) is 0 Å². The average Bonchev–Trinajstić information content (AvgIpc) is 2.05. The normalized spacial score (nSPS) is 11.2. The molecule has 1 atom stereocenters. The Hall–Kier alpha value is -0.370. The van der Waals surface area contributed by atoms with E-state index >= 15 is 0 Å². The fourth-order valence-corrected chi connectivity index (χ4v) is 2.11. The van der Waals surface area contributed by atoms with E-state index in [-0.39, 0.29) is 0 Å². The van der Waals surface area contributed by atoms with Crippen LogP contribution >= 0.6 is 18.6 Å². The highest BCUT2D eigenvalue weighted by atomic mass is 32.7.